The number of nitrogens with zero attached hydrogens (tertiary/aromatic N) is 4. The summed E-state index contributed by atoms with van der Waals surface area (Å²) in [5.41, 5.74) is 6.62. The fourth-order valence-electron chi connectivity index (χ4n) is 1.64. The molecule has 8 heteroatoms. The van der Waals surface area contributed by atoms with Crippen molar-refractivity contribution in [3.63, 3.8) is 0 Å². The topological polar surface area (TPSA) is 90.7 Å². The van der Waals surface area contributed by atoms with Gasteiger partial charge in [-0.2, -0.15) is 4.98 Å². The normalized spacial score (nSPS) is 10.7. The lowest BCUT2D eigenvalue weighted by atomic mass is 10.2. The van der Waals surface area contributed by atoms with Crippen LogP contribution in [0.25, 0.3) is 11.4 Å². The van der Waals surface area contributed by atoms with Crippen molar-refractivity contribution < 1.29 is 4.52 Å². The molecular formula is C13H10BrN5OS. The molecule has 0 unspecified atom stereocenters. The van der Waals surface area contributed by atoms with E-state index in [4.69, 9.17) is 10.3 Å². The van der Waals surface area contributed by atoms with Crippen molar-refractivity contribution in [2.75, 3.05) is 5.73 Å². The van der Waals surface area contributed by atoms with Crippen LogP contribution in [-0.2, 0) is 5.75 Å². The van der Waals surface area contributed by atoms with Crippen molar-refractivity contribution in [1.29, 1.82) is 0 Å². The van der Waals surface area contributed by atoms with Crippen molar-refractivity contribution in [2.24, 2.45) is 0 Å². The number of hydrogen-bond donors (Lipinski definition) is 1. The molecule has 0 aliphatic rings. The lowest BCUT2D eigenvalue weighted by molar-refractivity contribution is 0.391. The lowest BCUT2D eigenvalue weighted by Gasteiger charge is -1.99. The van der Waals surface area contributed by atoms with Crippen LogP contribution in [0.2, 0.25) is 0 Å². The highest BCUT2D eigenvalue weighted by molar-refractivity contribution is 9.10. The third-order valence-electron chi connectivity index (χ3n) is 2.57. The minimum absolute atomic E-state index is 0.397. The van der Waals surface area contributed by atoms with Crippen molar-refractivity contribution in [3.05, 3.63) is 47.0 Å². The molecule has 1 aromatic carbocycles. The van der Waals surface area contributed by atoms with Crippen LogP contribution in [0.1, 0.15) is 5.89 Å². The monoisotopic (exact) mass is 363 g/mol. The van der Waals surface area contributed by atoms with E-state index in [0.717, 1.165) is 10.0 Å². The highest BCUT2D eigenvalue weighted by atomic mass is 79.9. The fourth-order valence-corrected chi connectivity index (χ4v) is 2.75. The molecule has 3 rings (SSSR count). The minimum Gasteiger partial charge on any atom is -0.381 e. The molecule has 21 heavy (non-hydrogen) atoms. The molecule has 2 heterocycles. The van der Waals surface area contributed by atoms with Gasteiger partial charge in [0.1, 0.15) is 5.03 Å². The van der Waals surface area contributed by atoms with Gasteiger partial charge in [-0.15, -0.1) is 0 Å². The first-order chi connectivity index (χ1) is 10.2. The number of nitrogens with two attached hydrogens (primary N) is 1. The van der Waals surface area contributed by atoms with Crippen LogP contribution < -0.4 is 5.73 Å². The summed E-state index contributed by atoms with van der Waals surface area (Å²) in [5, 5.41) is 4.63. The number of anilines is 1. The zero-order valence-corrected chi connectivity index (χ0v) is 13.1. The van der Waals surface area contributed by atoms with Crippen LogP contribution in [0.4, 0.5) is 5.82 Å². The maximum absolute atomic E-state index is 5.73. The maximum Gasteiger partial charge on any atom is 0.237 e. The van der Waals surface area contributed by atoms with Gasteiger partial charge in [-0.05, 0) is 12.1 Å². The Morgan fingerprint density at radius 2 is 2.10 bits per heavy atom. The molecular weight excluding hydrogens is 354 g/mol. The smallest absolute Gasteiger partial charge is 0.237 e. The summed E-state index contributed by atoms with van der Waals surface area (Å²) in [6, 6.07) is 7.72. The highest BCUT2D eigenvalue weighted by Gasteiger charge is 2.10. The second-order valence-corrected chi connectivity index (χ2v) is 5.94. The van der Waals surface area contributed by atoms with Crippen LogP contribution in [0.5, 0.6) is 0 Å². The molecule has 106 valence electrons. The Morgan fingerprint density at radius 1 is 1.24 bits per heavy atom. The van der Waals surface area contributed by atoms with Crippen LogP contribution in [0.3, 0.4) is 0 Å². The average Bonchev–Trinajstić information content (AvgIpc) is 2.95. The molecule has 3 aromatic rings. The number of halogens is 1. The molecule has 0 radical (unpaired) electrons. The van der Waals surface area contributed by atoms with Gasteiger partial charge in [-0.3, -0.25) is 0 Å². The Morgan fingerprint density at radius 3 is 2.90 bits per heavy atom. The molecule has 0 saturated carbocycles. The van der Waals surface area contributed by atoms with E-state index in [1.807, 2.05) is 24.3 Å². The molecule has 0 atom stereocenters. The first kappa shape index (κ1) is 14.0. The summed E-state index contributed by atoms with van der Waals surface area (Å²) < 4.78 is 6.20. The maximum atomic E-state index is 5.73. The molecule has 2 aromatic heterocycles. The van der Waals surface area contributed by atoms with E-state index in [-0.39, 0.29) is 0 Å². The van der Waals surface area contributed by atoms with Gasteiger partial charge in [0.05, 0.1) is 5.75 Å². The van der Waals surface area contributed by atoms with E-state index in [1.165, 1.54) is 11.8 Å². The van der Waals surface area contributed by atoms with Gasteiger partial charge >= 0.3 is 0 Å². The van der Waals surface area contributed by atoms with Gasteiger partial charge in [-0.1, -0.05) is 45.0 Å². The largest absolute Gasteiger partial charge is 0.381 e. The number of thioether (sulfide) groups is 1. The van der Waals surface area contributed by atoms with E-state index in [9.17, 15) is 0 Å². The zero-order chi connectivity index (χ0) is 14.7. The summed E-state index contributed by atoms with van der Waals surface area (Å²) in [4.78, 5) is 12.5. The van der Waals surface area contributed by atoms with Gasteiger partial charge < -0.3 is 10.3 Å². The predicted octanol–water partition coefficient (Wildman–Crippen LogP) is 3.16. The molecule has 0 aliphatic heterocycles. The Balaban J connectivity index is 1.72. The number of nitrogen functional groups attached to an aromatic ring is 1. The molecule has 0 amide bonds. The zero-order valence-electron chi connectivity index (χ0n) is 10.7. The standard InChI is InChI=1S/C13H10BrN5OS/c14-9-3-1-2-8(6-9)12-18-10(20-19-12)7-21-13-11(15)16-4-5-17-13/h1-6H,7H2,(H2,15,16). The first-order valence-corrected chi connectivity index (χ1v) is 7.78. The molecule has 0 fully saturated rings. The van der Waals surface area contributed by atoms with E-state index < -0.39 is 0 Å². The fraction of sp³-hybridized carbons (Fsp3) is 0.0769. The SMILES string of the molecule is Nc1nccnc1SCc1nc(-c2cccc(Br)c2)no1. The van der Waals surface area contributed by atoms with Gasteiger partial charge in [0.25, 0.3) is 0 Å². The van der Waals surface area contributed by atoms with Crippen LogP contribution in [0.15, 0.2) is 50.7 Å². The Bertz CT molecular complexity index is 764. The molecule has 0 bridgehead atoms. The summed E-state index contributed by atoms with van der Waals surface area (Å²) in [5.74, 6) is 1.96. The summed E-state index contributed by atoms with van der Waals surface area (Å²) >= 11 is 4.82. The summed E-state index contributed by atoms with van der Waals surface area (Å²) in [6.45, 7) is 0. The van der Waals surface area contributed by atoms with Crippen molar-refractivity contribution in [1.82, 2.24) is 20.1 Å². The summed E-state index contributed by atoms with van der Waals surface area (Å²) in [7, 11) is 0. The molecule has 0 saturated heterocycles. The Hall–Kier alpha value is -1.93. The number of hydrogen-bond acceptors (Lipinski definition) is 7. The van der Waals surface area contributed by atoms with Gasteiger partial charge in [0.15, 0.2) is 5.82 Å². The van der Waals surface area contributed by atoms with E-state index in [0.29, 0.717) is 28.3 Å². The van der Waals surface area contributed by atoms with E-state index in [2.05, 4.69) is 36.0 Å². The highest BCUT2D eigenvalue weighted by Crippen LogP contribution is 2.25. The predicted molar refractivity (Wildman–Crippen MR) is 83.4 cm³/mol. The van der Waals surface area contributed by atoms with Gasteiger partial charge in [-0.25, -0.2) is 9.97 Å². The molecule has 0 aliphatic carbocycles. The van der Waals surface area contributed by atoms with Crippen molar-refractivity contribution in [2.45, 2.75) is 10.8 Å². The third kappa shape index (κ3) is 3.40. The number of benzene rings is 1. The second kappa shape index (κ2) is 6.23. The molecule has 2 N–H and O–H groups in total. The number of rotatable bonds is 4. The van der Waals surface area contributed by atoms with Crippen LogP contribution in [-0.4, -0.2) is 20.1 Å². The lowest BCUT2D eigenvalue weighted by Crippen LogP contribution is -1.95. The summed E-state index contributed by atoms with van der Waals surface area (Å²) in [6.07, 6.45) is 3.15. The minimum atomic E-state index is 0.397. The Kier molecular flexibility index (Phi) is 4.16. The van der Waals surface area contributed by atoms with Crippen molar-refractivity contribution >= 4 is 33.5 Å². The quantitative estimate of drug-likeness (QED) is 0.711. The van der Waals surface area contributed by atoms with E-state index >= 15 is 0 Å². The molecule has 6 nitrogen and oxygen atoms in total. The third-order valence-corrected chi connectivity index (χ3v) is 4.05. The van der Waals surface area contributed by atoms with Gasteiger partial charge in [0, 0.05) is 22.4 Å². The van der Waals surface area contributed by atoms with Crippen molar-refractivity contribution in [3.8, 4) is 11.4 Å². The van der Waals surface area contributed by atoms with E-state index in [1.54, 1.807) is 12.4 Å². The Labute approximate surface area is 133 Å². The molecule has 0 spiro atoms. The average molecular weight is 364 g/mol. The second-order valence-electron chi connectivity index (χ2n) is 4.06. The first-order valence-electron chi connectivity index (χ1n) is 6.00. The van der Waals surface area contributed by atoms with Crippen LogP contribution >= 0.6 is 27.7 Å². The number of aromatic nitrogens is 4. The van der Waals surface area contributed by atoms with Crippen LogP contribution in [0, 0.1) is 0 Å². The van der Waals surface area contributed by atoms with Gasteiger partial charge in [0.2, 0.25) is 11.7 Å².